The Labute approximate surface area is 234 Å². The molecule has 3 rings (SSSR count). The molecular weight excluding hydrogens is 608 g/mol. The molecule has 0 aliphatic heterocycles. The SMILES string of the molecule is CCC(C)NC(=O)C(Cc1ccccc1)N(Cc1cccc(Br)c1)C(=O)COc1ccc(Br)cc1Cl. The second kappa shape index (κ2) is 13.8. The van der Waals surface area contributed by atoms with Crippen molar-refractivity contribution >= 4 is 55.3 Å². The zero-order valence-corrected chi connectivity index (χ0v) is 24.1. The molecule has 3 aromatic carbocycles. The summed E-state index contributed by atoms with van der Waals surface area (Å²) in [7, 11) is 0. The summed E-state index contributed by atoms with van der Waals surface area (Å²) in [6.45, 7) is 3.96. The summed E-state index contributed by atoms with van der Waals surface area (Å²) in [6, 6.07) is 21.9. The molecule has 0 saturated heterocycles. The Hall–Kier alpha value is -2.35. The molecule has 0 aromatic heterocycles. The zero-order valence-electron chi connectivity index (χ0n) is 20.2. The fourth-order valence-electron chi connectivity index (χ4n) is 3.64. The van der Waals surface area contributed by atoms with Crippen LogP contribution in [0.5, 0.6) is 5.75 Å². The molecular formula is C28H29Br2ClN2O3. The summed E-state index contributed by atoms with van der Waals surface area (Å²) in [4.78, 5) is 28.7. The molecule has 0 aliphatic carbocycles. The molecule has 5 nitrogen and oxygen atoms in total. The Morgan fingerprint density at radius 1 is 0.972 bits per heavy atom. The maximum Gasteiger partial charge on any atom is 0.261 e. The predicted molar refractivity (Wildman–Crippen MR) is 151 cm³/mol. The molecule has 1 N–H and O–H groups in total. The first-order valence-electron chi connectivity index (χ1n) is 11.7. The number of nitrogens with one attached hydrogen (secondary N) is 1. The molecule has 0 saturated carbocycles. The van der Waals surface area contributed by atoms with Crippen molar-refractivity contribution in [3.8, 4) is 5.75 Å². The van der Waals surface area contributed by atoms with E-state index in [1.165, 1.54) is 0 Å². The quantitative estimate of drug-likeness (QED) is 0.252. The van der Waals surface area contributed by atoms with Crippen LogP contribution in [0.2, 0.25) is 5.02 Å². The average molecular weight is 637 g/mol. The molecule has 3 aromatic rings. The van der Waals surface area contributed by atoms with E-state index in [9.17, 15) is 9.59 Å². The largest absolute Gasteiger partial charge is 0.482 e. The number of carbonyl (C=O) groups is 2. The normalized spacial score (nSPS) is 12.5. The van der Waals surface area contributed by atoms with Gasteiger partial charge in [0.1, 0.15) is 11.8 Å². The highest BCUT2D eigenvalue weighted by molar-refractivity contribution is 9.10. The van der Waals surface area contributed by atoms with Crippen molar-refractivity contribution < 1.29 is 14.3 Å². The van der Waals surface area contributed by atoms with E-state index >= 15 is 0 Å². The first-order valence-corrected chi connectivity index (χ1v) is 13.7. The van der Waals surface area contributed by atoms with Crippen molar-refractivity contribution in [2.75, 3.05) is 6.61 Å². The van der Waals surface area contributed by atoms with Crippen LogP contribution in [0.15, 0.2) is 81.7 Å². The van der Waals surface area contributed by atoms with Gasteiger partial charge < -0.3 is 15.0 Å². The minimum atomic E-state index is -0.725. The molecule has 2 atom stereocenters. The van der Waals surface area contributed by atoms with Crippen molar-refractivity contribution in [1.29, 1.82) is 0 Å². The van der Waals surface area contributed by atoms with Crippen LogP contribution in [0, 0.1) is 0 Å². The lowest BCUT2D eigenvalue weighted by atomic mass is 10.0. The van der Waals surface area contributed by atoms with Gasteiger partial charge in [-0.25, -0.2) is 0 Å². The molecule has 190 valence electrons. The maximum absolute atomic E-state index is 13.6. The average Bonchev–Trinajstić information content (AvgIpc) is 2.86. The van der Waals surface area contributed by atoms with Crippen LogP contribution in [0.3, 0.4) is 0 Å². The van der Waals surface area contributed by atoms with Crippen molar-refractivity contribution in [2.24, 2.45) is 0 Å². The number of hydrogen-bond acceptors (Lipinski definition) is 3. The van der Waals surface area contributed by atoms with E-state index < -0.39 is 6.04 Å². The van der Waals surface area contributed by atoms with Gasteiger partial charge in [-0.15, -0.1) is 0 Å². The smallest absolute Gasteiger partial charge is 0.261 e. The number of hydrogen-bond donors (Lipinski definition) is 1. The van der Waals surface area contributed by atoms with Gasteiger partial charge in [-0.05, 0) is 54.8 Å². The highest BCUT2D eigenvalue weighted by Gasteiger charge is 2.31. The second-order valence-electron chi connectivity index (χ2n) is 8.54. The third kappa shape index (κ3) is 8.36. The topological polar surface area (TPSA) is 58.6 Å². The highest BCUT2D eigenvalue weighted by atomic mass is 79.9. The lowest BCUT2D eigenvalue weighted by Crippen LogP contribution is -2.53. The van der Waals surface area contributed by atoms with Gasteiger partial charge >= 0.3 is 0 Å². The summed E-state index contributed by atoms with van der Waals surface area (Å²) in [6.07, 6.45) is 1.16. The predicted octanol–water partition coefficient (Wildman–Crippen LogP) is 6.80. The van der Waals surface area contributed by atoms with Gasteiger partial charge in [0.15, 0.2) is 6.61 Å². The summed E-state index contributed by atoms with van der Waals surface area (Å²) in [5, 5.41) is 3.46. The Morgan fingerprint density at radius 2 is 1.67 bits per heavy atom. The van der Waals surface area contributed by atoms with Crippen LogP contribution in [-0.2, 0) is 22.6 Å². The van der Waals surface area contributed by atoms with Gasteiger partial charge in [0.2, 0.25) is 5.91 Å². The van der Waals surface area contributed by atoms with E-state index in [-0.39, 0.29) is 31.0 Å². The Kier molecular flexibility index (Phi) is 10.8. The number of amides is 2. The Morgan fingerprint density at radius 3 is 2.33 bits per heavy atom. The minimum absolute atomic E-state index is 0.0172. The van der Waals surface area contributed by atoms with Crippen molar-refractivity contribution in [2.45, 2.75) is 45.3 Å². The molecule has 0 fully saturated rings. The molecule has 0 bridgehead atoms. The molecule has 2 unspecified atom stereocenters. The van der Waals surface area contributed by atoms with E-state index in [2.05, 4.69) is 37.2 Å². The van der Waals surface area contributed by atoms with Gasteiger partial charge in [0.25, 0.3) is 5.91 Å². The molecule has 2 amide bonds. The molecule has 0 aliphatic rings. The fourth-order valence-corrected chi connectivity index (χ4v) is 4.82. The van der Waals surface area contributed by atoms with E-state index in [0.29, 0.717) is 17.2 Å². The highest BCUT2D eigenvalue weighted by Crippen LogP contribution is 2.28. The zero-order chi connectivity index (χ0) is 26.1. The fraction of sp³-hybridized carbons (Fsp3) is 0.286. The van der Waals surface area contributed by atoms with Crippen LogP contribution in [0.4, 0.5) is 0 Å². The molecule has 0 heterocycles. The standard InChI is InChI=1S/C28H29Br2ClN2O3/c1-3-19(2)32-28(35)25(15-20-8-5-4-6-9-20)33(17-21-10-7-11-22(29)14-21)27(34)18-36-26-13-12-23(30)16-24(26)31/h4-14,16,19,25H,3,15,17-18H2,1-2H3,(H,32,35). The lowest BCUT2D eigenvalue weighted by Gasteiger charge is -2.32. The number of benzene rings is 3. The minimum Gasteiger partial charge on any atom is -0.482 e. The third-order valence-corrected chi connectivity index (χ3v) is 7.04. The van der Waals surface area contributed by atoms with Crippen LogP contribution in [-0.4, -0.2) is 35.4 Å². The Bertz CT molecular complexity index is 1180. The molecule has 8 heteroatoms. The van der Waals surface area contributed by atoms with Crippen LogP contribution in [0.1, 0.15) is 31.4 Å². The van der Waals surface area contributed by atoms with E-state index in [4.69, 9.17) is 16.3 Å². The summed E-state index contributed by atoms with van der Waals surface area (Å²) < 4.78 is 7.50. The van der Waals surface area contributed by atoms with Gasteiger partial charge in [-0.1, -0.05) is 92.8 Å². The first kappa shape index (κ1) is 28.2. The van der Waals surface area contributed by atoms with Gasteiger partial charge in [-0.2, -0.15) is 0 Å². The summed E-state index contributed by atoms with van der Waals surface area (Å²) in [5.74, 6) is -0.105. The van der Waals surface area contributed by atoms with E-state index in [0.717, 1.165) is 26.5 Å². The van der Waals surface area contributed by atoms with Crippen LogP contribution in [0.25, 0.3) is 0 Å². The number of ether oxygens (including phenoxy) is 1. The van der Waals surface area contributed by atoms with Crippen molar-refractivity contribution in [1.82, 2.24) is 10.2 Å². The van der Waals surface area contributed by atoms with Crippen LogP contribution >= 0.6 is 43.5 Å². The van der Waals surface area contributed by atoms with Crippen LogP contribution < -0.4 is 10.1 Å². The molecule has 0 radical (unpaired) electrons. The number of halogens is 3. The van der Waals surface area contributed by atoms with Gasteiger partial charge in [0.05, 0.1) is 5.02 Å². The van der Waals surface area contributed by atoms with Crippen molar-refractivity contribution in [3.05, 3.63) is 97.9 Å². The summed E-state index contributed by atoms with van der Waals surface area (Å²) in [5.41, 5.74) is 1.86. The number of carbonyl (C=O) groups excluding carboxylic acids is 2. The molecule has 0 spiro atoms. The van der Waals surface area contributed by atoms with Gasteiger partial charge in [0, 0.05) is 28.0 Å². The number of nitrogens with zero attached hydrogens (tertiary/aromatic N) is 1. The second-order valence-corrected chi connectivity index (χ2v) is 10.8. The Balaban J connectivity index is 1.92. The maximum atomic E-state index is 13.6. The number of rotatable bonds is 11. The summed E-state index contributed by atoms with van der Waals surface area (Å²) >= 11 is 13.2. The third-order valence-electron chi connectivity index (χ3n) is 5.76. The lowest BCUT2D eigenvalue weighted by molar-refractivity contribution is -0.143. The van der Waals surface area contributed by atoms with Gasteiger partial charge in [-0.3, -0.25) is 9.59 Å². The molecule has 36 heavy (non-hydrogen) atoms. The van der Waals surface area contributed by atoms with Crippen molar-refractivity contribution in [3.63, 3.8) is 0 Å². The van der Waals surface area contributed by atoms with E-state index in [1.54, 1.807) is 23.1 Å². The van der Waals surface area contributed by atoms with E-state index in [1.807, 2.05) is 68.4 Å². The first-order chi connectivity index (χ1) is 17.3. The monoisotopic (exact) mass is 634 g/mol.